The van der Waals surface area contributed by atoms with Crippen LogP contribution in [0.3, 0.4) is 0 Å². The molecule has 0 spiro atoms. The number of aliphatic hydroxyl groups excluding tert-OH is 1. The summed E-state index contributed by atoms with van der Waals surface area (Å²) in [6, 6.07) is 38.6. The van der Waals surface area contributed by atoms with Crippen LogP contribution < -0.4 is 16.2 Å². The van der Waals surface area contributed by atoms with Gasteiger partial charge in [-0.25, -0.2) is 0 Å². The third-order valence-corrected chi connectivity index (χ3v) is 6.25. The predicted octanol–water partition coefficient (Wildman–Crippen LogP) is 4.56. The van der Waals surface area contributed by atoms with Crippen molar-refractivity contribution in [2.24, 2.45) is 0 Å². The van der Waals surface area contributed by atoms with Crippen LogP contribution in [0.4, 0.5) is 0 Å². The molecule has 0 saturated carbocycles. The lowest BCUT2D eigenvalue weighted by atomic mass is 9.76. The number of quaternary nitrogens is 1. The van der Waals surface area contributed by atoms with Gasteiger partial charge < -0.3 is 20.7 Å². The highest BCUT2D eigenvalue weighted by molar-refractivity contribution is 6.18. The fourth-order valence-electron chi connectivity index (χ4n) is 4.12. The van der Waals surface area contributed by atoms with Gasteiger partial charge in [-0.15, -0.1) is 11.6 Å². The minimum Gasteiger partial charge on any atom is -0.548 e. The second-order valence-electron chi connectivity index (χ2n) is 11.1. The van der Waals surface area contributed by atoms with E-state index in [4.69, 9.17) is 16.7 Å². The average molecular weight is 575 g/mol. The molecule has 0 fully saturated rings. The molecule has 41 heavy (non-hydrogen) atoms. The molecule has 2 atom stereocenters. The molecular formula is C35H43ClN2O3. The van der Waals surface area contributed by atoms with Gasteiger partial charge >= 0.3 is 0 Å². The van der Waals surface area contributed by atoms with E-state index in [-0.39, 0.29) is 11.6 Å². The Morgan fingerprint density at radius 1 is 0.780 bits per heavy atom. The molecule has 0 saturated heterocycles. The maximum absolute atomic E-state index is 12.3. The summed E-state index contributed by atoms with van der Waals surface area (Å²) in [6.07, 6.45) is -0.0334. The van der Waals surface area contributed by atoms with E-state index in [2.05, 4.69) is 31.8 Å². The third-order valence-electron chi connectivity index (χ3n) is 5.80. The van der Waals surface area contributed by atoms with Crippen molar-refractivity contribution in [3.8, 4) is 0 Å². The minimum absolute atomic E-state index is 0.250. The first-order chi connectivity index (χ1) is 19.5. The number of nitrogens with one attached hydrogen (secondary N) is 1. The first kappa shape index (κ1) is 33.7. The van der Waals surface area contributed by atoms with Crippen LogP contribution >= 0.6 is 11.6 Å². The molecule has 6 heteroatoms. The van der Waals surface area contributed by atoms with Crippen LogP contribution in [0.5, 0.6) is 0 Å². The number of aliphatic hydroxyl groups is 1. The Bertz CT molecular complexity index is 1160. The molecule has 0 amide bonds. The van der Waals surface area contributed by atoms with E-state index in [1.54, 1.807) is 6.92 Å². The summed E-state index contributed by atoms with van der Waals surface area (Å²) in [7, 11) is 0. The Morgan fingerprint density at radius 3 is 1.34 bits per heavy atom. The number of alkyl halides is 1. The molecule has 4 rings (SSSR count). The van der Waals surface area contributed by atoms with E-state index in [1.807, 2.05) is 121 Å². The number of carbonyl (C=O) groups excluding carboxylic acids is 1. The molecule has 218 valence electrons. The van der Waals surface area contributed by atoms with Crippen molar-refractivity contribution in [1.29, 1.82) is 0 Å². The zero-order chi connectivity index (χ0) is 30.3. The summed E-state index contributed by atoms with van der Waals surface area (Å²) >= 11 is 5.09. The van der Waals surface area contributed by atoms with Crippen molar-refractivity contribution in [1.82, 2.24) is 5.32 Å². The van der Waals surface area contributed by atoms with Gasteiger partial charge in [0, 0.05) is 5.88 Å². The number of carbonyl (C=O) groups is 1. The number of halogens is 1. The predicted molar refractivity (Wildman–Crippen MR) is 166 cm³/mol. The Balaban J connectivity index is 0.000000507. The van der Waals surface area contributed by atoms with Crippen molar-refractivity contribution in [3.05, 3.63) is 144 Å². The molecule has 0 unspecified atom stereocenters. The van der Waals surface area contributed by atoms with Crippen LogP contribution in [-0.2, 0) is 16.8 Å². The molecule has 4 aromatic rings. The monoisotopic (exact) mass is 574 g/mol. The summed E-state index contributed by atoms with van der Waals surface area (Å²) in [5.74, 6) is -0.795. The third kappa shape index (κ3) is 11.5. The lowest BCUT2D eigenvalue weighted by molar-refractivity contribution is -0.458. The number of hydrogen-bond acceptors (Lipinski definition) is 4. The van der Waals surface area contributed by atoms with Crippen LogP contribution in [0.15, 0.2) is 121 Å². The van der Waals surface area contributed by atoms with Crippen LogP contribution in [0.1, 0.15) is 49.9 Å². The Labute approximate surface area is 250 Å². The number of aliphatic carboxylic acids is 1. The Morgan fingerprint density at radius 2 is 1.07 bits per heavy atom. The second kappa shape index (κ2) is 16.7. The van der Waals surface area contributed by atoms with Crippen LogP contribution in [0, 0.1) is 0 Å². The quantitative estimate of drug-likeness (QED) is 0.201. The lowest BCUT2D eigenvalue weighted by Gasteiger charge is -2.40. The average Bonchev–Trinajstić information content (AvgIpc) is 2.96. The molecule has 0 aromatic heterocycles. The first-order valence-corrected chi connectivity index (χ1v) is 14.3. The largest absolute Gasteiger partial charge is 0.548 e. The summed E-state index contributed by atoms with van der Waals surface area (Å²) in [5.41, 5.74) is 6.99. The molecule has 5 N–H and O–H groups in total. The highest BCUT2D eigenvalue weighted by atomic mass is 35.5. The zero-order valence-electron chi connectivity index (χ0n) is 24.5. The SMILES string of the molecule is CC(C)(C)[NH3+].C[C@H](O)CCl.O=C([O-])[C@H](Cc1ccccc1)NC(c1ccccc1)(c1ccccc1)c1ccccc1. The highest BCUT2D eigenvalue weighted by Crippen LogP contribution is 2.37. The van der Waals surface area contributed by atoms with E-state index in [0.717, 1.165) is 22.3 Å². The van der Waals surface area contributed by atoms with Gasteiger partial charge in [0.05, 0.1) is 29.2 Å². The second-order valence-corrected chi connectivity index (χ2v) is 11.4. The summed E-state index contributed by atoms with van der Waals surface area (Å²) in [4.78, 5) is 12.3. The van der Waals surface area contributed by atoms with Gasteiger partial charge in [0.15, 0.2) is 0 Å². The molecular weight excluding hydrogens is 532 g/mol. The number of rotatable bonds is 9. The molecule has 0 aliphatic heterocycles. The number of carboxylic acid groups (broad SMARTS) is 1. The maximum Gasteiger partial charge on any atom is 0.0953 e. The van der Waals surface area contributed by atoms with Gasteiger partial charge in [-0.1, -0.05) is 121 Å². The maximum atomic E-state index is 12.3. The van der Waals surface area contributed by atoms with Crippen molar-refractivity contribution >= 4 is 17.6 Å². The first-order valence-electron chi connectivity index (χ1n) is 13.8. The van der Waals surface area contributed by atoms with Gasteiger partial charge in [0.1, 0.15) is 0 Å². The number of benzene rings is 4. The van der Waals surface area contributed by atoms with Crippen LogP contribution in [0.2, 0.25) is 0 Å². The minimum atomic E-state index is -1.13. The van der Waals surface area contributed by atoms with Gasteiger partial charge in [-0.3, -0.25) is 5.32 Å². The lowest BCUT2D eigenvalue weighted by Crippen LogP contribution is -2.67. The summed E-state index contributed by atoms with van der Waals surface area (Å²) in [5, 5.41) is 24.0. The van der Waals surface area contributed by atoms with E-state index < -0.39 is 17.6 Å². The van der Waals surface area contributed by atoms with Gasteiger partial charge in [0.2, 0.25) is 0 Å². The van der Waals surface area contributed by atoms with E-state index in [1.165, 1.54) is 0 Å². The highest BCUT2D eigenvalue weighted by Gasteiger charge is 2.38. The molecule has 0 radical (unpaired) electrons. The van der Waals surface area contributed by atoms with E-state index >= 15 is 0 Å². The zero-order valence-corrected chi connectivity index (χ0v) is 25.2. The van der Waals surface area contributed by atoms with Crippen molar-refractivity contribution in [3.63, 3.8) is 0 Å². The number of hydrogen-bond donors (Lipinski definition) is 3. The standard InChI is InChI=1S/C28H25NO2.C4H11N.C3H7ClO/c30-27(31)26(21-22-13-5-1-6-14-22)29-28(23-15-7-2-8-16-23,24-17-9-3-10-18-24)25-19-11-4-12-20-25;1-4(2,3)5;1-3(5)2-4/h1-20,26,29H,21H2,(H,30,31);5H2,1-3H3;3,5H,2H2,1H3/t26-;;3-/m0.0/s1. The van der Waals surface area contributed by atoms with Crippen molar-refractivity contribution in [2.45, 2.75) is 57.3 Å². The van der Waals surface area contributed by atoms with Crippen LogP contribution in [0.25, 0.3) is 0 Å². The molecule has 5 nitrogen and oxygen atoms in total. The normalized spacial score (nSPS) is 12.6. The smallest absolute Gasteiger partial charge is 0.0953 e. The Kier molecular flexibility index (Phi) is 13.7. The van der Waals surface area contributed by atoms with E-state index in [9.17, 15) is 9.90 Å². The molecule has 0 bridgehead atoms. The van der Waals surface area contributed by atoms with Crippen molar-refractivity contribution in [2.75, 3.05) is 5.88 Å². The van der Waals surface area contributed by atoms with Gasteiger partial charge in [-0.2, -0.15) is 0 Å². The van der Waals surface area contributed by atoms with Gasteiger partial charge in [-0.05, 0) is 56.4 Å². The molecule has 4 aromatic carbocycles. The van der Waals surface area contributed by atoms with E-state index in [0.29, 0.717) is 12.3 Å². The number of carboxylic acids is 1. The Hall–Kier alpha value is -3.48. The summed E-state index contributed by atoms with van der Waals surface area (Å²) in [6.45, 7) is 7.88. The fourth-order valence-corrected chi connectivity index (χ4v) is 4.12. The van der Waals surface area contributed by atoms with Crippen LogP contribution in [-0.4, -0.2) is 34.6 Å². The molecule has 0 heterocycles. The molecule has 0 aliphatic carbocycles. The van der Waals surface area contributed by atoms with Gasteiger partial charge in [0.25, 0.3) is 0 Å². The summed E-state index contributed by atoms with van der Waals surface area (Å²) < 4.78 is 0. The molecule has 0 aliphatic rings. The van der Waals surface area contributed by atoms with Crippen molar-refractivity contribution < 1.29 is 20.7 Å². The topological polar surface area (TPSA) is 100 Å². The fraction of sp³-hybridized carbons (Fsp3) is 0.286.